The van der Waals surface area contributed by atoms with E-state index in [1.807, 2.05) is 11.0 Å². The van der Waals surface area contributed by atoms with Crippen molar-refractivity contribution in [2.45, 2.75) is 44.9 Å². The highest BCUT2D eigenvalue weighted by Crippen LogP contribution is 2.39. The molecule has 1 aliphatic heterocycles. The Balaban J connectivity index is 1.68. The number of H-pyrrole nitrogens is 1. The van der Waals surface area contributed by atoms with Crippen LogP contribution in [0.2, 0.25) is 0 Å². The van der Waals surface area contributed by atoms with Crippen LogP contribution in [0.4, 0.5) is 0 Å². The number of carbonyl (C=O) groups is 1. The summed E-state index contributed by atoms with van der Waals surface area (Å²) in [6, 6.07) is 1.95. The molecule has 1 saturated heterocycles. The number of carbonyl (C=O) groups excluding carboxylic acids is 1. The zero-order valence-electron chi connectivity index (χ0n) is 11.0. The smallest absolute Gasteiger partial charge is 0.274 e. The van der Waals surface area contributed by atoms with Crippen LogP contribution in [0, 0.1) is 5.92 Å². The zero-order valence-corrected chi connectivity index (χ0v) is 11.0. The van der Waals surface area contributed by atoms with E-state index in [0.717, 1.165) is 37.5 Å². The molecule has 1 saturated carbocycles. The van der Waals surface area contributed by atoms with Gasteiger partial charge in [-0.25, -0.2) is 0 Å². The minimum atomic E-state index is 0.104. The van der Waals surface area contributed by atoms with Crippen LogP contribution in [0.1, 0.15) is 61.1 Å². The van der Waals surface area contributed by atoms with Gasteiger partial charge in [-0.2, -0.15) is 5.10 Å². The van der Waals surface area contributed by atoms with Crippen molar-refractivity contribution in [3.05, 3.63) is 17.5 Å². The summed E-state index contributed by atoms with van der Waals surface area (Å²) in [5, 5.41) is 7.20. The minimum Gasteiger partial charge on any atom is -0.337 e. The van der Waals surface area contributed by atoms with Crippen LogP contribution in [-0.4, -0.2) is 34.1 Å². The molecule has 3 rings (SSSR count). The molecule has 1 amide bonds. The summed E-state index contributed by atoms with van der Waals surface area (Å²) >= 11 is 0. The zero-order chi connectivity index (χ0) is 12.5. The number of likely N-dealkylation sites (tertiary alicyclic amines) is 1. The highest BCUT2D eigenvalue weighted by Gasteiger charge is 2.28. The van der Waals surface area contributed by atoms with Gasteiger partial charge in [0.05, 0.1) is 0 Å². The predicted molar refractivity (Wildman–Crippen MR) is 69.5 cm³/mol. The van der Waals surface area contributed by atoms with Gasteiger partial charge in [-0.3, -0.25) is 9.89 Å². The molecule has 2 heterocycles. The third kappa shape index (κ3) is 2.42. The van der Waals surface area contributed by atoms with Gasteiger partial charge in [-0.15, -0.1) is 0 Å². The molecule has 2 fully saturated rings. The third-order valence-corrected chi connectivity index (χ3v) is 4.14. The lowest BCUT2D eigenvalue weighted by atomic mass is 10.0. The molecule has 18 heavy (non-hydrogen) atoms. The van der Waals surface area contributed by atoms with Crippen LogP contribution in [0.5, 0.6) is 0 Å². The largest absolute Gasteiger partial charge is 0.337 e. The first-order valence-corrected chi connectivity index (χ1v) is 7.08. The second-order valence-electron chi connectivity index (χ2n) is 5.81. The standard InChI is InChI=1S/C14H21N3O/c1-10-3-2-7-17(8-6-10)14(18)13-9-12(15-16-13)11-4-5-11/h9-11H,2-8H2,1H3,(H,15,16). The first-order chi connectivity index (χ1) is 8.74. The molecule has 1 aromatic rings. The fourth-order valence-corrected chi connectivity index (χ4v) is 2.68. The number of amides is 1. The lowest BCUT2D eigenvalue weighted by Crippen LogP contribution is -2.32. The van der Waals surface area contributed by atoms with Gasteiger partial charge in [-0.1, -0.05) is 6.92 Å². The van der Waals surface area contributed by atoms with Gasteiger partial charge < -0.3 is 4.90 Å². The number of aromatic nitrogens is 2. The van der Waals surface area contributed by atoms with Crippen molar-refractivity contribution < 1.29 is 4.79 Å². The van der Waals surface area contributed by atoms with Gasteiger partial charge in [0.15, 0.2) is 0 Å². The van der Waals surface area contributed by atoms with Crippen molar-refractivity contribution in [1.82, 2.24) is 15.1 Å². The van der Waals surface area contributed by atoms with Gasteiger partial charge in [0.2, 0.25) is 0 Å². The maximum absolute atomic E-state index is 12.4. The normalized spacial score (nSPS) is 24.9. The fourth-order valence-electron chi connectivity index (χ4n) is 2.68. The summed E-state index contributed by atoms with van der Waals surface area (Å²) < 4.78 is 0. The van der Waals surface area contributed by atoms with E-state index in [0.29, 0.717) is 11.6 Å². The van der Waals surface area contributed by atoms with E-state index >= 15 is 0 Å². The Labute approximate surface area is 108 Å². The van der Waals surface area contributed by atoms with E-state index in [4.69, 9.17) is 0 Å². The Kier molecular flexibility index (Phi) is 3.10. The second kappa shape index (κ2) is 4.75. The summed E-state index contributed by atoms with van der Waals surface area (Å²) in [6.45, 7) is 4.04. The second-order valence-corrected chi connectivity index (χ2v) is 5.81. The SMILES string of the molecule is CC1CCCN(C(=O)c2cc(C3CC3)[nH]n2)CC1. The number of hydrogen-bond donors (Lipinski definition) is 1. The van der Waals surface area contributed by atoms with E-state index in [2.05, 4.69) is 17.1 Å². The Bertz CT molecular complexity index is 436. The van der Waals surface area contributed by atoms with E-state index in [1.165, 1.54) is 19.3 Å². The van der Waals surface area contributed by atoms with Crippen molar-refractivity contribution >= 4 is 5.91 Å². The number of nitrogens with zero attached hydrogens (tertiary/aromatic N) is 2. The maximum Gasteiger partial charge on any atom is 0.274 e. The lowest BCUT2D eigenvalue weighted by Gasteiger charge is -2.18. The van der Waals surface area contributed by atoms with Gasteiger partial charge in [-0.05, 0) is 44.1 Å². The molecule has 0 radical (unpaired) electrons. The molecule has 4 nitrogen and oxygen atoms in total. The summed E-state index contributed by atoms with van der Waals surface area (Å²) in [4.78, 5) is 14.3. The Morgan fingerprint density at radius 2 is 2.17 bits per heavy atom. The van der Waals surface area contributed by atoms with Crippen molar-refractivity contribution in [1.29, 1.82) is 0 Å². The summed E-state index contributed by atoms with van der Waals surface area (Å²) in [6.07, 6.45) is 5.93. The number of rotatable bonds is 2. The van der Waals surface area contributed by atoms with Crippen molar-refractivity contribution in [3.8, 4) is 0 Å². The molecule has 4 heteroatoms. The Morgan fingerprint density at radius 1 is 1.33 bits per heavy atom. The molecule has 0 bridgehead atoms. The van der Waals surface area contributed by atoms with Crippen LogP contribution in [0.3, 0.4) is 0 Å². The molecule has 1 N–H and O–H groups in total. The molecule has 1 aliphatic carbocycles. The Morgan fingerprint density at radius 3 is 2.94 bits per heavy atom. The van der Waals surface area contributed by atoms with Crippen LogP contribution >= 0.6 is 0 Å². The van der Waals surface area contributed by atoms with Crippen molar-refractivity contribution in [2.75, 3.05) is 13.1 Å². The molecule has 0 aromatic carbocycles. The van der Waals surface area contributed by atoms with Crippen LogP contribution in [0.25, 0.3) is 0 Å². The first-order valence-electron chi connectivity index (χ1n) is 7.08. The summed E-state index contributed by atoms with van der Waals surface area (Å²) in [5.74, 6) is 1.47. The molecule has 1 aromatic heterocycles. The summed E-state index contributed by atoms with van der Waals surface area (Å²) in [7, 11) is 0. The van der Waals surface area contributed by atoms with E-state index in [1.54, 1.807) is 0 Å². The first kappa shape index (κ1) is 11.8. The third-order valence-electron chi connectivity index (χ3n) is 4.14. The van der Waals surface area contributed by atoms with E-state index < -0.39 is 0 Å². The molecule has 0 spiro atoms. The minimum absolute atomic E-state index is 0.104. The molecule has 98 valence electrons. The van der Waals surface area contributed by atoms with Crippen molar-refractivity contribution in [2.24, 2.45) is 5.92 Å². The van der Waals surface area contributed by atoms with E-state index in [-0.39, 0.29) is 5.91 Å². The summed E-state index contributed by atoms with van der Waals surface area (Å²) in [5.41, 5.74) is 1.74. The topological polar surface area (TPSA) is 49.0 Å². The van der Waals surface area contributed by atoms with Crippen LogP contribution in [0.15, 0.2) is 6.07 Å². The highest BCUT2D eigenvalue weighted by atomic mass is 16.2. The van der Waals surface area contributed by atoms with Gasteiger partial charge in [0.25, 0.3) is 5.91 Å². The maximum atomic E-state index is 12.4. The monoisotopic (exact) mass is 247 g/mol. The fraction of sp³-hybridized carbons (Fsp3) is 0.714. The van der Waals surface area contributed by atoms with Gasteiger partial charge in [0, 0.05) is 24.7 Å². The lowest BCUT2D eigenvalue weighted by molar-refractivity contribution is 0.0754. The molecular formula is C14H21N3O. The number of nitrogens with one attached hydrogen (secondary N) is 1. The molecule has 1 atom stereocenters. The predicted octanol–water partition coefficient (Wildman–Crippen LogP) is 2.55. The average Bonchev–Trinajstić information content (AvgIpc) is 3.14. The molecule has 1 unspecified atom stereocenters. The van der Waals surface area contributed by atoms with Crippen LogP contribution in [-0.2, 0) is 0 Å². The number of hydrogen-bond acceptors (Lipinski definition) is 2. The van der Waals surface area contributed by atoms with Gasteiger partial charge in [0.1, 0.15) is 5.69 Å². The quantitative estimate of drug-likeness (QED) is 0.873. The average molecular weight is 247 g/mol. The molecule has 2 aliphatic rings. The highest BCUT2D eigenvalue weighted by molar-refractivity contribution is 5.92. The van der Waals surface area contributed by atoms with Crippen molar-refractivity contribution in [3.63, 3.8) is 0 Å². The van der Waals surface area contributed by atoms with Gasteiger partial charge >= 0.3 is 0 Å². The van der Waals surface area contributed by atoms with Crippen LogP contribution < -0.4 is 0 Å². The Hall–Kier alpha value is -1.32. The molecular weight excluding hydrogens is 226 g/mol. The van der Waals surface area contributed by atoms with E-state index in [9.17, 15) is 4.79 Å². The number of aromatic amines is 1.